The van der Waals surface area contributed by atoms with Crippen molar-refractivity contribution >= 4 is 73.1 Å². The molecule has 0 atom stereocenters. The number of hydrogen-bond acceptors (Lipinski definition) is 3. The second-order valence-corrected chi connectivity index (χ2v) is 15.5. The minimum absolute atomic E-state index is 0.551. The van der Waals surface area contributed by atoms with E-state index >= 15 is 0 Å². The van der Waals surface area contributed by atoms with E-state index in [2.05, 4.69) is 188 Å². The second kappa shape index (κ2) is 16.2. The zero-order chi connectivity index (χ0) is 33.3. The van der Waals surface area contributed by atoms with Crippen LogP contribution in [0, 0.1) is 0 Å². The van der Waals surface area contributed by atoms with E-state index in [-0.39, 0.29) is 0 Å². The van der Waals surface area contributed by atoms with E-state index in [9.17, 15) is 0 Å². The molecular weight excluding hydrogens is 623 g/mol. The fourth-order valence-corrected chi connectivity index (χ4v) is 7.59. The third-order valence-electron chi connectivity index (χ3n) is 8.64. The van der Waals surface area contributed by atoms with Crippen LogP contribution in [0.25, 0.3) is 45.8 Å². The van der Waals surface area contributed by atoms with Gasteiger partial charge in [0.2, 0.25) is 0 Å². The molecule has 4 aromatic carbocycles. The van der Waals surface area contributed by atoms with Crippen LogP contribution in [0.4, 0.5) is 5.69 Å². The van der Waals surface area contributed by atoms with E-state index in [0.29, 0.717) is 5.92 Å². The summed E-state index contributed by atoms with van der Waals surface area (Å²) < 4.78 is 4.54. The van der Waals surface area contributed by atoms with Crippen molar-refractivity contribution in [3.8, 4) is 0 Å². The van der Waals surface area contributed by atoms with Crippen LogP contribution in [-0.2, 0) is 13.1 Å². The Hall–Kier alpha value is -4.32. The summed E-state index contributed by atoms with van der Waals surface area (Å²) in [7, 11) is 8.05. The van der Waals surface area contributed by atoms with Crippen LogP contribution < -0.4 is 14.0 Å². The first kappa shape index (κ1) is 33.6. The molecule has 242 valence electrons. The minimum atomic E-state index is 0.551. The Morgan fingerprint density at radius 1 is 0.521 bits per heavy atom. The molecule has 0 saturated carbocycles. The zero-order valence-corrected chi connectivity index (χ0v) is 30.1. The Balaban J connectivity index is 0.900. The van der Waals surface area contributed by atoms with Crippen LogP contribution in [0.5, 0.6) is 0 Å². The summed E-state index contributed by atoms with van der Waals surface area (Å²) in [5.74, 6) is 2.72. The van der Waals surface area contributed by atoms with Gasteiger partial charge >= 0.3 is 0 Å². The Labute approximate surface area is 294 Å². The Morgan fingerprint density at radius 3 is 1.46 bits per heavy atom. The molecule has 0 aliphatic carbocycles. The molecule has 0 saturated heterocycles. The third kappa shape index (κ3) is 9.18. The van der Waals surface area contributed by atoms with E-state index in [4.69, 9.17) is 0 Å². The van der Waals surface area contributed by atoms with Crippen molar-refractivity contribution in [2.75, 3.05) is 30.5 Å². The average molecular weight is 668 g/mol. The topological polar surface area (TPSA) is 11.0 Å². The highest BCUT2D eigenvalue weighted by molar-refractivity contribution is 8.76. The molecular formula is C43H45N3S2+2. The van der Waals surface area contributed by atoms with Gasteiger partial charge in [-0.05, 0) is 79.5 Å². The first-order valence-electron chi connectivity index (χ1n) is 16.7. The van der Waals surface area contributed by atoms with Crippen LogP contribution in [0.1, 0.15) is 47.6 Å². The lowest BCUT2D eigenvalue weighted by atomic mass is 9.98. The number of anilines is 1. The highest BCUT2D eigenvalue weighted by atomic mass is 33.1. The predicted molar refractivity (Wildman–Crippen MR) is 212 cm³/mol. The number of pyridine rings is 2. The van der Waals surface area contributed by atoms with Crippen molar-refractivity contribution in [3.05, 3.63) is 150 Å². The number of benzene rings is 4. The van der Waals surface area contributed by atoms with Gasteiger partial charge in [-0.3, -0.25) is 0 Å². The molecule has 0 N–H and O–H groups in total. The standard InChI is InChI=1S/C43H45N3S2/c1-33(2)38-13-14-39-29-36(9-11-41(39)31-38)7-5-34-17-21-45(22-18-34)25-27-47-48-28-26-46-23-19-35(20-24-46)6-8-37-10-12-42-32-43(44(3)4)16-15-40(42)30-37/h5-24,29-33H,25-28H2,1-4H3/q+2. The van der Waals surface area contributed by atoms with Crippen molar-refractivity contribution in [3.63, 3.8) is 0 Å². The van der Waals surface area contributed by atoms with E-state index in [1.165, 1.54) is 55.0 Å². The molecule has 5 heteroatoms. The van der Waals surface area contributed by atoms with Gasteiger partial charge in [0.05, 0.1) is 11.5 Å². The molecule has 6 aromatic rings. The third-order valence-corrected chi connectivity index (χ3v) is 11.0. The molecule has 0 spiro atoms. The van der Waals surface area contributed by atoms with E-state index < -0.39 is 0 Å². The lowest BCUT2D eigenvalue weighted by Crippen LogP contribution is -2.34. The average Bonchev–Trinajstić information content (AvgIpc) is 3.11. The van der Waals surface area contributed by atoms with Crippen LogP contribution in [0.15, 0.2) is 122 Å². The first-order chi connectivity index (χ1) is 23.4. The summed E-state index contributed by atoms with van der Waals surface area (Å²) in [6, 6.07) is 35.6. The molecule has 2 heterocycles. The summed E-state index contributed by atoms with van der Waals surface area (Å²) >= 11 is 0. The van der Waals surface area contributed by atoms with Crippen molar-refractivity contribution < 1.29 is 9.13 Å². The summed E-state index contributed by atoms with van der Waals surface area (Å²) in [5.41, 5.74) is 7.49. The fourth-order valence-electron chi connectivity index (χ4n) is 5.63. The molecule has 0 aliphatic heterocycles. The maximum Gasteiger partial charge on any atom is 0.169 e. The number of hydrogen-bond donors (Lipinski definition) is 0. The lowest BCUT2D eigenvalue weighted by Gasteiger charge is -2.13. The summed E-state index contributed by atoms with van der Waals surface area (Å²) in [6.45, 7) is 6.50. The molecule has 0 unspecified atom stereocenters. The van der Waals surface area contributed by atoms with Gasteiger partial charge in [-0.25, -0.2) is 9.13 Å². The van der Waals surface area contributed by atoms with Gasteiger partial charge in [0.1, 0.15) is 0 Å². The van der Waals surface area contributed by atoms with Crippen LogP contribution >= 0.6 is 21.6 Å². The van der Waals surface area contributed by atoms with Gasteiger partial charge in [-0.2, -0.15) is 0 Å². The van der Waals surface area contributed by atoms with Crippen LogP contribution in [-0.4, -0.2) is 25.6 Å². The van der Waals surface area contributed by atoms with Crippen molar-refractivity contribution in [1.82, 2.24) is 0 Å². The predicted octanol–water partition coefficient (Wildman–Crippen LogP) is 10.2. The Bertz CT molecular complexity index is 1880. The van der Waals surface area contributed by atoms with Crippen molar-refractivity contribution in [2.45, 2.75) is 32.9 Å². The quantitative estimate of drug-likeness (QED) is 0.0690. The molecule has 0 bridgehead atoms. The number of fused-ring (bicyclic) bond motifs is 2. The van der Waals surface area contributed by atoms with Crippen LogP contribution in [0.3, 0.4) is 0 Å². The highest BCUT2D eigenvalue weighted by Crippen LogP contribution is 2.25. The number of nitrogens with zero attached hydrogens (tertiary/aromatic N) is 3. The molecule has 0 aliphatic rings. The van der Waals surface area contributed by atoms with Gasteiger partial charge < -0.3 is 4.90 Å². The van der Waals surface area contributed by atoms with Gasteiger partial charge in [-0.1, -0.05) is 108 Å². The Kier molecular flexibility index (Phi) is 11.3. The fraction of sp³-hybridized carbons (Fsp3) is 0.209. The smallest absolute Gasteiger partial charge is 0.169 e. The largest absolute Gasteiger partial charge is 0.378 e. The summed E-state index contributed by atoms with van der Waals surface area (Å²) in [5, 5.41) is 5.13. The van der Waals surface area contributed by atoms with Crippen molar-refractivity contribution in [1.29, 1.82) is 0 Å². The van der Waals surface area contributed by atoms with E-state index in [1.54, 1.807) is 0 Å². The molecule has 2 aromatic heterocycles. The van der Waals surface area contributed by atoms with E-state index in [1.807, 2.05) is 21.6 Å². The van der Waals surface area contributed by atoms with E-state index in [0.717, 1.165) is 24.6 Å². The number of rotatable bonds is 13. The maximum atomic E-state index is 2.31. The normalized spacial score (nSPS) is 11.9. The van der Waals surface area contributed by atoms with Gasteiger partial charge in [-0.15, -0.1) is 0 Å². The number of aromatic nitrogens is 2. The summed E-state index contributed by atoms with van der Waals surface area (Å²) in [6.07, 6.45) is 17.5. The minimum Gasteiger partial charge on any atom is -0.378 e. The first-order valence-corrected chi connectivity index (χ1v) is 19.2. The monoisotopic (exact) mass is 667 g/mol. The lowest BCUT2D eigenvalue weighted by molar-refractivity contribution is -0.692. The molecule has 6 rings (SSSR count). The Morgan fingerprint density at radius 2 is 0.958 bits per heavy atom. The highest BCUT2D eigenvalue weighted by Gasteiger charge is 2.05. The molecule has 48 heavy (non-hydrogen) atoms. The second-order valence-electron chi connectivity index (χ2n) is 12.8. The van der Waals surface area contributed by atoms with Crippen LogP contribution in [0.2, 0.25) is 0 Å². The molecule has 0 amide bonds. The van der Waals surface area contributed by atoms with Crippen molar-refractivity contribution in [2.24, 2.45) is 0 Å². The van der Waals surface area contributed by atoms with Gasteiger partial charge in [0.15, 0.2) is 37.9 Å². The van der Waals surface area contributed by atoms with Gasteiger partial charge in [0, 0.05) is 44.0 Å². The van der Waals surface area contributed by atoms with Gasteiger partial charge in [0.25, 0.3) is 0 Å². The summed E-state index contributed by atoms with van der Waals surface area (Å²) in [4.78, 5) is 2.14. The maximum absolute atomic E-state index is 2.31. The molecule has 0 radical (unpaired) electrons. The SMILES string of the molecule is CC(C)c1ccc2cc(C=Cc3cc[n+](CCSSCC[n+]4ccc(C=Cc5ccc6cc(N(C)C)ccc6c5)cc4)cc3)ccc2c1. The molecule has 0 fully saturated rings. The number of aryl methyl sites for hydroxylation is 2. The molecule has 3 nitrogen and oxygen atoms in total. The zero-order valence-electron chi connectivity index (χ0n) is 28.4.